The van der Waals surface area contributed by atoms with Crippen molar-refractivity contribution >= 4 is 21.8 Å². The van der Waals surface area contributed by atoms with Gasteiger partial charge in [0.25, 0.3) is 6.20 Å². The Morgan fingerprint density at radius 1 is 1.50 bits per heavy atom. The monoisotopic (exact) mass is 354 g/mol. The van der Waals surface area contributed by atoms with Crippen LogP contribution in [0.1, 0.15) is 26.7 Å². The molecule has 22 heavy (non-hydrogen) atoms. The summed E-state index contributed by atoms with van der Waals surface area (Å²) < 4.78 is 36.3. The number of nitrogens with zero attached hydrogens (tertiary/aromatic N) is 2. The minimum Gasteiger partial charge on any atom is -0.353 e. The second-order valence-corrected chi connectivity index (χ2v) is 7.72. The number of thioether (sulfide) groups is 1. The maximum absolute atomic E-state index is 12.3. The molecule has 0 aliphatic carbocycles. The number of hydrogen-bond acceptors (Lipinski definition) is 7. The lowest BCUT2D eigenvalue weighted by Gasteiger charge is -2.28. The van der Waals surface area contributed by atoms with Gasteiger partial charge in [-0.1, -0.05) is 0 Å². The predicted octanol–water partition coefficient (Wildman–Crippen LogP) is 1.62. The Morgan fingerprint density at radius 3 is 2.86 bits per heavy atom. The fourth-order valence-electron chi connectivity index (χ4n) is 1.92. The van der Waals surface area contributed by atoms with Gasteiger partial charge < -0.3 is 9.47 Å². The number of sulfonamides is 1. The topological polar surface area (TPSA) is 99.0 Å². The minimum atomic E-state index is -3.57. The van der Waals surface area contributed by atoms with Crippen LogP contribution in [0, 0.1) is 10.1 Å². The highest BCUT2D eigenvalue weighted by molar-refractivity contribution is 8.04. The van der Waals surface area contributed by atoms with Crippen molar-refractivity contribution < 1.29 is 22.8 Å². The Kier molecular flexibility index (Phi) is 8.15. The van der Waals surface area contributed by atoms with E-state index in [1.165, 1.54) is 11.8 Å². The van der Waals surface area contributed by atoms with Gasteiger partial charge in [-0.2, -0.15) is 0 Å². The molecule has 10 heteroatoms. The van der Waals surface area contributed by atoms with Gasteiger partial charge >= 0.3 is 0 Å². The molecule has 0 saturated carbocycles. The van der Waals surface area contributed by atoms with Gasteiger partial charge in [0.15, 0.2) is 11.3 Å². The van der Waals surface area contributed by atoms with Crippen LogP contribution in [0.5, 0.6) is 0 Å². The molecule has 1 rings (SSSR count). The predicted molar refractivity (Wildman–Crippen MR) is 84.3 cm³/mol. The van der Waals surface area contributed by atoms with E-state index in [1.54, 1.807) is 6.92 Å². The quantitative estimate of drug-likeness (QED) is 0.268. The van der Waals surface area contributed by atoms with Crippen LogP contribution in [0.2, 0.25) is 0 Å². The fourth-order valence-corrected chi connectivity index (χ4v) is 4.73. The Hall–Kier alpha value is -0.840. The Balaban J connectivity index is 2.55. The van der Waals surface area contributed by atoms with Crippen LogP contribution >= 0.6 is 11.8 Å². The third-order valence-corrected chi connectivity index (χ3v) is 5.94. The van der Waals surface area contributed by atoms with Crippen molar-refractivity contribution in [2.24, 2.45) is 0 Å². The van der Waals surface area contributed by atoms with E-state index in [0.29, 0.717) is 25.2 Å². The van der Waals surface area contributed by atoms with E-state index in [1.807, 2.05) is 6.92 Å². The van der Waals surface area contributed by atoms with E-state index in [4.69, 9.17) is 9.47 Å². The summed E-state index contributed by atoms with van der Waals surface area (Å²) in [5.74, 6) is 0.572. The molecule has 0 aromatic rings. The summed E-state index contributed by atoms with van der Waals surface area (Å²) in [5.41, 5.74) is 0. The first-order valence-corrected chi connectivity index (χ1v) is 9.68. The van der Waals surface area contributed by atoms with Crippen molar-refractivity contribution in [1.82, 2.24) is 4.31 Å². The molecule has 0 aromatic heterocycles. The van der Waals surface area contributed by atoms with Crippen molar-refractivity contribution in [3.63, 3.8) is 0 Å². The minimum absolute atomic E-state index is 0.110. The largest absolute Gasteiger partial charge is 0.353 e. The van der Waals surface area contributed by atoms with E-state index >= 15 is 0 Å². The molecule has 1 unspecified atom stereocenters. The Morgan fingerprint density at radius 2 is 2.23 bits per heavy atom. The van der Waals surface area contributed by atoms with Crippen LogP contribution in [0.3, 0.4) is 0 Å². The molecule has 1 aliphatic heterocycles. The van der Waals surface area contributed by atoms with Gasteiger partial charge in [-0.25, -0.2) is 8.42 Å². The smallest absolute Gasteiger partial charge is 0.265 e. The SMILES string of the molecule is CCOC(C)OCCCS(=O)(=O)N1CCCSC1=C[N+](=O)[O-]. The molecule has 0 spiro atoms. The normalized spacial score (nSPS) is 19.4. The van der Waals surface area contributed by atoms with Crippen LogP contribution in [-0.4, -0.2) is 55.2 Å². The van der Waals surface area contributed by atoms with Crippen molar-refractivity contribution in [2.75, 3.05) is 31.3 Å². The molecule has 8 nitrogen and oxygen atoms in total. The van der Waals surface area contributed by atoms with Crippen LogP contribution < -0.4 is 0 Å². The molecular formula is C12H22N2O6S2. The summed E-state index contributed by atoms with van der Waals surface area (Å²) >= 11 is 1.19. The fraction of sp³-hybridized carbons (Fsp3) is 0.833. The van der Waals surface area contributed by atoms with Gasteiger partial charge in [-0.15, -0.1) is 11.8 Å². The molecule has 1 heterocycles. The van der Waals surface area contributed by atoms with Gasteiger partial charge in [-0.3, -0.25) is 14.4 Å². The van der Waals surface area contributed by atoms with Gasteiger partial charge in [0.05, 0.1) is 17.3 Å². The van der Waals surface area contributed by atoms with Crippen molar-refractivity contribution in [3.8, 4) is 0 Å². The summed E-state index contributed by atoms with van der Waals surface area (Å²) in [6.07, 6.45) is 1.38. The first-order valence-electron chi connectivity index (χ1n) is 7.08. The summed E-state index contributed by atoms with van der Waals surface area (Å²) in [6.45, 7) is 4.67. The van der Waals surface area contributed by atoms with Crippen LogP contribution in [0.15, 0.2) is 11.2 Å². The van der Waals surface area contributed by atoms with E-state index < -0.39 is 14.9 Å². The molecule has 1 aliphatic rings. The second-order valence-electron chi connectivity index (χ2n) is 4.59. The number of rotatable bonds is 9. The summed E-state index contributed by atoms with van der Waals surface area (Å²) in [7, 11) is -3.57. The zero-order valence-electron chi connectivity index (χ0n) is 12.8. The molecule has 1 fully saturated rings. The standard InChI is InChI=1S/C12H22N2O6S2/c1-3-19-11(2)20-7-5-9-22(17,18)13-6-4-8-21-12(13)10-14(15)16/h10-11H,3-9H2,1-2H3. The number of nitro groups is 1. The highest BCUT2D eigenvalue weighted by Gasteiger charge is 2.29. The molecule has 0 aromatic carbocycles. The van der Waals surface area contributed by atoms with Crippen LogP contribution in [-0.2, 0) is 19.5 Å². The van der Waals surface area contributed by atoms with Crippen molar-refractivity contribution in [1.29, 1.82) is 0 Å². The maximum atomic E-state index is 12.3. The third kappa shape index (κ3) is 6.51. The first kappa shape index (κ1) is 19.2. The molecule has 1 saturated heterocycles. The van der Waals surface area contributed by atoms with Gasteiger partial charge in [-0.05, 0) is 26.7 Å². The Bertz CT molecular complexity index is 494. The number of hydrogen-bond donors (Lipinski definition) is 0. The lowest BCUT2D eigenvalue weighted by molar-refractivity contribution is -0.403. The third-order valence-electron chi connectivity index (χ3n) is 2.85. The van der Waals surface area contributed by atoms with Crippen molar-refractivity contribution in [2.45, 2.75) is 33.0 Å². The average molecular weight is 354 g/mol. The van der Waals surface area contributed by atoms with E-state index in [-0.39, 0.29) is 30.2 Å². The number of ether oxygens (including phenoxy) is 2. The highest BCUT2D eigenvalue weighted by atomic mass is 32.2. The van der Waals surface area contributed by atoms with E-state index in [2.05, 4.69) is 0 Å². The van der Waals surface area contributed by atoms with Gasteiger partial charge in [0, 0.05) is 18.9 Å². The average Bonchev–Trinajstić information content (AvgIpc) is 2.44. The Labute approximate surface area is 135 Å². The highest BCUT2D eigenvalue weighted by Crippen LogP contribution is 2.29. The molecule has 0 amide bonds. The molecular weight excluding hydrogens is 332 g/mol. The van der Waals surface area contributed by atoms with E-state index in [0.717, 1.165) is 10.5 Å². The first-order chi connectivity index (χ1) is 10.4. The van der Waals surface area contributed by atoms with Gasteiger partial charge in [0.1, 0.15) is 0 Å². The zero-order chi connectivity index (χ0) is 16.6. The summed E-state index contributed by atoms with van der Waals surface area (Å²) in [6, 6.07) is 0. The molecule has 0 N–H and O–H groups in total. The van der Waals surface area contributed by atoms with E-state index in [9.17, 15) is 18.5 Å². The van der Waals surface area contributed by atoms with Crippen LogP contribution in [0.25, 0.3) is 0 Å². The zero-order valence-corrected chi connectivity index (χ0v) is 14.4. The molecule has 1 atom stereocenters. The molecule has 0 bridgehead atoms. The van der Waals surface area contributed by atoms with Gasteiger partial charge in [0.2, 0.25) is 10.0 Å². The lowest BCUT2D eigenvalue weighted by atomic mass is 10.5. The lowest BCUT2D eigenvalue weighted by Crippen LogP contribution is -2.35. The summed E-state index contributed by atoms with van der Waals surface area (Å²) in [4.78, 5) is 9.98. The molecule has 0 radical (unpaired) electrons. The molecule has 128 valence electrons. The van der Waals surface area contributed by atoms with Crippen molar-refractivity contribution in [3.05, 3.63) is 21.3 Å². The maximum Gasteiger partial charge on any atom is 0.265 e. The second kappa shape index (κ2) is 9.33. The summed E-state index contributed by atoms with van der Waals surface area (Å²) in [5, 5.41) is 10.8. The van der Waals surface area contributed by atoms with Crippen LogP contribution in [0.4, 0.5) is 0 Å².